The Balaban J connectivity index is 2.62. The molecule has 1 aromatic heterocycles. The van der Waals surface area contributed by atoms with Crippen molar-refractivity contribution in [2.24, 2.45) is 0 Å². The van der Waals surface area contributed by atoms with Gasteiger partial charge in [0.15, 0.2) is 0 Å². The number of hydrogen-bond donors (Lipinski definition) is 0. The minimum atomic E-state index is 0.461. The molecule has 5 heteroatoms. The van der Waals surface area contributed by atoms with Crippen LogP contribution in [0.1, 0.15) is 6.92 Å². The van der Waals surface area contributed by atoms with Crippen molar-refractivity contribution in [3.8, 4) is 0 Å². The molecule has 62 valence electrons. The van der Waals surface area contributed by atoms with E-state index in [9.17, 15) is 0 Å². The van der Waals surface area contributed by atoms with Crippen LogP contribution in [0, 0.1) is 0 Å². The van der Waals surface area contributed by atoms with E-state index in [1.807, 2.05) is 7.05 Å². The Morgan fingerprint density at radius 2 is 2.55 bits per heavy atom. The van der Waals surface area contributed by atoms with Gasteiger partial charge in [0.25, 0.3) is 0 Å². The summed E-state index contributed by atoms with van der Waals surface area (Å²) >= 11 is 4.83. The molecular formula is C6H10BrN3S. The van der Waals surface area contributed by atoms with Gasteiger partial charge in [0, 0.05) is 30.0 Å². The fourth-order valence-corrected chi connectivity index (χ4v) is 1.64. The molecule has 0 radical (unpaired) electrons. The molecule has 0 N–H and O–H groups in total. The minimum absolute atomic E-state index is 0.461. The zero-order valence-electron chi connectivity index (χ0n) is 6.49. The highest BCUT2D eigenvalue weighted by Crippen LogP contribution is 2.15. The standard InChI is InChI=1S/C6H10BrN3S/c1-5(3-7)10(2)6-8-4-9-11-6/h4-5H,3H2,1-2H3. The third-order valence-electron chi connectivity index (χ3n) is 1.54. The predicted octanol–water partition coefficient (Wildman–Crippen LogP) is 1.76. The quantitative estimate of drug-likeness (QED) is 0.749. The van der Waals surface area contributed by atoms with Gasteiger partial charge in [-0.05, 0) is 6.92 Å². The Hall–Kier alpha value is -0.160. The Kier molecular flexibility index (Phi) is 3.26. The van der Waals surface area contributed by atoms with Crippen LogP contribution in [0.2, 0.25) is 0 Å². The SMILES string of the molecule is CC(CBr)N(C)c1ncns1. The van der Waals surface area contributed by atoms with E-state index in [2.05, 4.69) is 37.1 Å². The summed E-state index contributed by atoms with van der Waals surface area (Å²) in [5, 5.41) is 1.92. The molecule has 1 rings (SSSR count). The molecule has 1 atom stereocenters. The molecule has 0 spiro atoms. The molecule has 11 heavy (non-hydrogen) atoms. The maximum Gasteiger partial charge on any atom is 0.204 e. The Bertz CT molecular complexity index is 202. The van der Waals surface area contributed by atoms with Gasteiger partial charge in [-0.3, -0.25) is 0 Å². The van der Waals surface area contributed by atoms with Gasteiger partial charge in [-0.2, -0.15) is 4.37 Å². The van der Waals surface area contributed by atoms with Crippen molar-refractivity contribution in [3.63, 3.8) is 0 Å². The first-order chi connectivity index (χ1) is 5.25. The topological polar surface area (TPSA) is 29.0 Å². The van der Waals surface area contributed by atoms with Crippen molar-refractivity contribution in [2.45, 2.75) is 13.0 Å². The first kappa shape index (κ1) is 8.93. The molecular weight excluding hydrogens is 226 g/mol. The van der Waals surface area contributed by atoms with Crippen LogP contribution in [0.3, 0.4) is 0 Å². The van der Waals surface area contributed by atoms with Crippen molar-refractivity contribution < 1.29 is 0 Å². The lowest BCUT2D eigenvalue weighted by molar-refractivity contribution is 0.766. The lowest BCUT2D eigenvalue weighted by Gasteiger charge is -2.21. The number of nitrogens with zero attached hydrogens (tertiary/aromatic N) is 3. The lowest BCUT2D eigenvalue weighted by atomic mass is 10.4. The molecule has 0 fully saturated rings. The summed E-state index contributed by atoms with van der Waals surface area (Å²) in [6, 6.07) is 0.461. The zero-order chi connectivity index (χ0) is 8.27. The largest absolute Gasteiger partial charge is 0.346 e. The van der Waals surface area contributed by atoms with Crippen LogP contribution in [0.25, 0.3) is 0 Å². The second-order valence-electron chi connectivity index (χ2n) is 2.34. The van der Waals surface area contributed by atoms with E-state index in [0.29, 0.717) is 6.04 Å². The zero-order valence-corrected chi connectivity index (χ0v) is 8.89. The number of anilines is 1. The maximum absolute atomic E-state index is 4.10. The van der Waals surface area contributed by atoms with Crippen molar-refractivity contribution >= 4 is 32.6 Å². The van der Waals surface area contributed by atoms with Gasteiger partial charge < -0.3 is 4.90 Å². The van der Waals surface area contributed by atoms with E-state index in [0.717, 1.165) is 10.5 Å². The number of alkyl halides is 1. The molecule has 1 unspecified atom stereocenters. The van der Waals surface area contributed by atoms with Gasteiger partial charge in [0.2, 0.25) is 5.13 Å². The third-order valence-corrected chi connectivity index (χ3v) is 3.23. The van der Waals surface area contributed by atoms with Crippen molar-refractivity contribution in [2.75, 3.05) is 17.3 Å². The van der Waals surface area contributed by atoms with Gasteiger partial charge in [-0.1, -0.05) is 15.9 Å². The molecule has 0 saturated heterocycles. The molecule has 1 heterocycles. The molecule has 1 aromatic rings. The average molecular weight is 236 g/mol. The average Bonchev–Trinajstić information content (AvgIpc) is 2.53. The molecule has 0 aliphatic heterocycles. The second-order valence-corrected chi connectivity index (χ2v) is 3.74. The predicted molar refractivity (Wildman–Crippen MR) is 51.6 cm³/mol. The molecule has 0 aliphatic carbocycles. The summed E-state index contributed by atoms with van der Waals surface area (Å²) in [4.78, 5) is 6.20. The summed E-state index contributed by atoms with van der Waals surface area (Å²) < 4.78 is 3.93. The van der Waals surface area contributed by atoms with Crippen LogP contribution in [-0.4, -0.2) is 27.8 Å². The molecule has 0 aromatic carbocycles. The third kappa shape index (κ3) is 2.13. The molecule has 0 saturated carbocycles. The highest BCUT2D eigenvalue weighted by molar-refractivity contribution is 9.09. The van der Waals surface area contributed by atoms with E-state index in [1.165, 1.54) is 11.5 Å². The van der Waals surface area contributed by atoms with Crippen molar-refractivity contribution in [3.05, 3.63) is 6.33 Å². The first-order valence-electron chi connectivity index (χ1n) is 3.31. The van der Waals surface area contributed by atoms with Gasteiger partial charge >= 0.3 is 0 Å². The fraction of sp³-hybridized carbons (Fsp3) is 0.667. The lowest BCUT2D eigenvalue weighted by Crippen LogP contribution is -2.29. The first-order valence-corrected chi connectivity index (χ1v) is 5.20. The van der Waals surface area contributed by atoms with Gasteiger partial charge in [-0.25, -0.2) is 4.98 Å². The number of hydrogen-bond acceptors (Lipinski definition) is 4. The van der Waals surface area contributed by atoms with Gasteiger partial charge in [0.1, 0.15) is 6.33 Å². The maximum atomic E-state index is 4.10. The van der Waals surface area contributed by atoms with Crippen molar-refractivity contribution in [1.29, 1.82) is 0 Å². The van der Waals surface area contributed by atoms with E-state index in [1.54, 1.807) is 6.33 Å². The summed E-state index contributed by atoms with van der Waals surface area (Å²) in [6.07, 6.45) is 1.58. The molecule has 3 nitrogen and oxygen atoms in total. The summed E-state index contributed by atoms with van der Waals surface area (Å²) in [5.41, 5.74) is 0. The van der Waals surface area contributed by atoms with E-state index < -0.39 is 0 Å². The van der Waals surface area contributed by atoms with Gasteiger partial charge in [-0.15, -0.1) is 0 Å². The Morgan fingerprint density at radius 1 is 1.82 bits per heavy atom. The monoisotopic (exact) mass is 235 g/mol. The van der Waals surface area contributed by atoms with Crippen LogP contribution >= 0.6 is 27.5 Å². The fourth-order valence-electron chi connectivity index (χ4n) is 0.615. The Morgan fingerprint density at radius 3 is 3.00 bits per heavy atom. The van der Waals surface area contributed by atoms with Crippen molar-refractivity contribution in [1.82, 2.24) is 9.36 Å². The Labute approximate surface area is 78.7 Å². The summed E-state index contributed by atoms with van der Waals surface area (Å²) in [7, 11) is 2.02. The summed E-state index contributed by atoms with van der Waals surface area (Å²) in [6.45, 7) is 2.14. The number of rotatable bonds is 3. The van der Waals surface area contributed by atoms with E-state index in [-0.39, 0.29) is 0 Å². The van der Waals surface area contributed by atoms with E-state index >= 15 is 0 Å². The van der Waals surface area contributed by atoms with E-state index in [4.69, 9.17) is 0 Å². The minimum Gasteiger partial charge on any atom is -0.346 e. The molecule has 0 bridgehead atoms. The number of aromatic nitrogens is 2. The highest BCUT2D eigenvalue weighted by Gasteiger charge is 2.10. The van der Waals surface area contributed by atoms with Crippen LogP contribution in [0.15, 0.2) is 6.33 Å². The second kappa shape index (κ2) is 4.01. The van der Waals surface area contributed by atoms with Gasteiger partial charge in [0.05, 0.1) is 0 Å². The van der Waals surface area contributed by atoms with Crippen LogP contribution in [-0.2, 0) is 0 Å². The molecule has 0 amide bonds. The van der Waals surface area contributed by atoms with Crippen LogP contribution in [0.5, 0.6) is 0 Å². The molecule has 0 aliphatic rings. The highest BCUT2D eigenvalue weighted by atomic mass is 79.9. The summed E-state index contributed by atoms with van der Waals surface area (Å²) in [5.74, 6) is 0. The normalized spacial score (nSPS) is 13.0. The van der Waals surface area contributed by atoms with Crippen LogP contribution < -0.4 is 4.90 Å². The van der Waals surface area contributed by atoms with Crippen LogP contribution in [0.4, 0.5) is 5.13 Å². The number of halogens is 1. The smallest absolute Gasteiger partial charge is 0.204 e.